The molecule has 116 valence electrons. The van der Waals surface area contributed by atoms with Gasteiger partial charge in [0.2, 0.25) is 0 Å². The van der Waals surface area contributed by atoms with Gasteiger partial charge in [0.05, 0.1) is 11.0 Å². The van der Waals surface area contributed by atoms with Crippen LogP contribution in [0.3, 0.4) is 0 Å². The summed E-state index contributed by atoms with van der Waals surface area (Å²) in [5.41, 5.74) is 1.13. The maximum absolute atomic E-state index is 10.7. The van der Waals surface area contributed by atoms with Crippen LogP contribution in [0.2, 0.25) is 0 Å². The minimum atomic E-state index is -0.381. The van der Waals surface area contributed by atoms with E-state index in [1.54, 1.807) is 35.6 Å². The summed E-state index contributed by atoms with van der Waals surface area (Å²) in [6.45, 7) is 2.78. The van der Waals surface area contributed by atoms with Crippen LogP contribution in [0.25, 0.3) is 10.4 Å². The fraction of sp³-hybridized carbons (Fsp3) is 0.375. The van der Waals surface area contributed by atoms with Gasteiger partial charge in [-0.3, -0.25) is 15.0 Å². The lowest BCUT2D eigenvalue weighted by Crippen LogP contribution is -2.35. The first kappa shape index (κ1) is 15.1. The van der Waals surface area contributed by atoms with E-state index in [0.717, 1.165) is 42.9 Å². The molecule has 0 amide bonds. The van der Waals surface area contributed by atoms with Crippen molar-refractivity contribution in [3.8, 4) is 10.4 Å². The van der Waals surface area contributed by atoms with Crippen molar-refractivity contribution in [1.29, 1.82) is 0 Å². The first-order valence-electron chi connectivity index (χ1n) is 7.36. The third-order valence-electron chi connectivity index (χ3n) is 3.96. The average Bonchev–Trinajstić information content (AvgIpc) is 2.98. The number of hydrogen-bond donors (Lipinski definition) is 1. The summed E-state index contributed by atoms with van der Waals surface area (Å²) in [4.78, 5) is 15.1. The highest BCUT2D eigenvalue weighted by Crippen LogP contribution is 2.30. The fourth-order valence-corrected chi connectivity index (χ4v) is 3.72. The summed E-state index contributed by atoms with van der Waals surface area (Å²) < 4.78 is 0. The number of aliphatic hydroxyl groups is 1. The Hall–Kier alpha value is -1.76. The van der Waals surface area contributed by atoms with Crippen molar-refractivity contribution in [1.82, 2.24) is 4.90 Å². The maximum Gasteiger partial charge on any atom is 0.269 e. The van der Waals surface area contributed by atoms with E-state index in [0.29, 0.717) is 0 Å². The highest BCUT2D eigenvalue weighted by molar-refractivity contribution is 7.15. The number of piperidine rings is 1. The van der Waals surface area contributed by atoms with Crippen LogP contribution in [-0.4, -0.2) is 34.1 Å². The van der Waals surface area contributed by atoms with Crippen LogP contribution in [0, 0.1) is 10.1 Å². The van der Waals surface area contributed by atoms with E-state index in [1.165, 1.54) is 4.88 Å². The van der Waals surface area contributed by atoms with E-state index in [9.17, 15) is 15.2 Å². The number of nitrogens with zero attached hydrogens (tertiary/aromatic N) is 2. The lowest BCUT2D eigenvalue weighted by molar-refractivity contribution is -0.384. The minimum absolute atomic E-state index is 0.118. The Morgan fingerprint density at radius 1 is 1.18 bits per heavy atom. The van der Waals surface area contributed by atoms with Crippen molar-refractivity contribution in [2.24, 2.45) is 0 Å². The highest BCUT2D eigenvalue weighted by atomic mass is 32.1. The van der Waals surface area contributed by atoms with Gasteiger partial charge in [0, 0.05) is 41.5 Å². The Labute approximate surface area is 133 Å². The van der Waals surface area contributed by atoms with E-state index in [2.05, 4.69) is 17.0 Å². The van der Waals surface area contributed by atoms with Crippen LogP contribution < -0.4 is 0 Å². The lowest BCUT2D eigenvalue weighted by atomic mass is 10.1. The third-order valence-corrected chi connectivity index (χ3v) is 5.08. The quantitative estimate of drug-likeness (QED) is 0.694. The number of non-ortho nitro benzene ring substituents is 1. The van der Waals surface area contributed by atoms with Crippen molar-refractivity contribution < 1.29 is 10.0 Å². The molecule has 1 aliphatic rings. The number of nitro benzene ring substituents is 1. The van der Waals surface area contributed by atoms with Crippen LogP contribution in [-0.2, 0) is 6.54 Å². The summed E-state index contributed by atoms with van der Waals surface area (Å²) in [5.74, 6) is 0. The molecule has 22 heavy (non-hydrogen) atoms. The van der Waals surface area contributed by atoms with Gasteiger partial charge in [-0.2, -0.15) is 0 Å². The Morgan fingerprint density at radius 3 is 2.50 bits per heavy atom. The van der Waals surface area contributed by atoms with Gasteiger partial charge in [0.25, 0.3) is 5.69 Å². The second kappa shape index (κ2) is 6.56. The number of aliphatic hydroxyl groups excluding tert-OH is 1. The van der Waals surface area contributed by atoms with E-state index < -0.39 is 0 Å². The fourth-order valence-electron chi connectivity index (χ4n) is 2.66. The molecule has 0 atom stereocenters. The largest absolute Gasteiger partial charge is 0.393 e. The van der Waals surface area contributed by atoms with Gasteiger partial charge in [-0.1, -0.05) is 0 Å². The molecule has 1 N–H and O–H groups in total. The van der Waals surface area contributed by atoms with Gasteiger partial charge in [-0.15, -0.1) is 11.3 Å². The zero-order valence-corrected chi connectivity index (χ0v) is 13.0. The predicted octanol–water partition coefficient (Wildman–Crippen LogP) is 3.28. The van der Waals surface area contributed by atoms with E-state index >= 15 is 0 Å². The molecule has 0 unspecified atom stereocenters. The van der Waals surface area contributed by atoms with Crippen molar-refractivity contribution >= 4 is 17.0 Å². The lowest BCUT2D eigenvalue weighted by Gasteiger charge is -2.28. The molecular weight excluding hydrogens is 300 g/mol. The third kappa shape index (κ3) is 3.52. The van der Waals surface area contributed by atoms with Gasteiger partial charge < -0.3 is 5.11 Å². The van der Waals surface area contributed by atoms with Crippen molar-refractivity contribution in [2.75, 3.05) is 13.1 Å². The van der Waals surface area contributed by atoms with Gasteiger partial charge in [-0.05, 0) is 42.7 Å². The standard InChI is InChI=1S/C16H18N2O3S/c19-14-7-9-17(10-8-14)11-15-5-6-16(22-15)12-1-3-13(4-2-12)18(20)21/h1-6,14,19H,7-11H2. The van der Waals surface area contributed by atoms with Crippen molar-refractivity contribution in [3.63, 3.8) is 0 Å². The van der Waals surface area contributed by atoms with E-state index in [-0.39, 0.29) is 16.7 Å². The molecule has 0 bridgehead atoms. The summed E-state index contributed by atoms with van der Waals surface area (Å²) in [6.07, 6.45) is 1.55. The van der Waals surface area contributed by atoms with Crippen LogP contribution in [0.15, 0.2) is 36.4 Å². The Morgan fingerprint density at radius 2 is 1.86 bits per heavy atom. The topological polar surface area (TPSA) is 66.6 Å². The molecule has 0 aliphatic carbocycles. The van der Waals surface area contributed by atoms with Gasteiger partial charge in [0.1, 0.15) is 0 Å². The first-order chi connectivity index (χ1) is 10.6. The molecule has 0 spiro atoms. The van der Waals surface area contributed by atoms with Gasteiger partial charge in [-0.25, -0.2) is 0 Å². The molecule has 1 aromatic carbocycles. The summed E-state index contributed by atoms with van der Waals surface area (Å²) >= 11 is 1.72. The second-order valence-corrected chi connectivity index (χ2v) is 6.75. The normalized spacial score (nSPS) is 16.8. The Bertz CT molecular complexity index is 646. The molecule has 0 saturated carbocycles. The minimum Gasteiger partial charge on any atom is -0.393 e. The molecule has 2 aromatic rings. The summed E-state index contributed by atoms with van der Waals surface area (Å²) in [7, 11) is 0. The molecular formula is C16H18N2O3S. The van der Waals surface area contributed by atoms with Crippen molar-refractivity contribution in [3.05, 3.63) is 51.4 Å². The molecule has 6 heteroatoms. The molecule has 3 rings (SSSR count). The SMILES string of the molecule is O=[N+]([O-])c1ccc(-c2ccc(CN3CCC(O)CC3)s2)cc1. The predicted molar refractivity (Wildman–Crippen MR) is 86.9 cm³/mol. The zero-order chi connectivity index (χ0) is 15.5. The van der Waals surface area contributed by atoms with E-state index in [4.69, 9.17) is 0 Å². The monoisotopic (exact) mass is 318 g/mol. The molecule has 1 saturated heterocycles. The Kier molecular flexibility index (Phi) is 4.52. The molecule has 1 fully saturated rings. The van der Waals surface area contributed by atoms with Crippen LogP contribution in [0.4, 0.5) is 5.69 Å². The molecule has 0 radical (unpaired) electrons. The number of thiophene rings is 1. The number of likely N-dealkylation sites (tertiary alicyclic amines) is 1. The first-order valence-corrected chi connectivity index (χ1v) is 8.17. The number of benzene rings is 1. The average molecular weight is 318 g/mol. The highest BCUT2D eigenvalue weighted by Gasteiger charge is 2.17. The molecule has 2 heterocycles. The number of hydrogen-bond acceptors (Lipinski definition) is 5. The molecule has 5 nitrogen and oxygen atoms in total. The second-order valence-electron chi connectivity index (χ2n) is 5.58. The molecule has 1 aromatic heterocycles. The smallest absolute Gasteiger partial charge is 0.269 e. The van der Waals surface area contributed by atoms with Crippen LogP contribution >= 0.6 is 11.3 Å². The summed E-state index contributed by atoms with van der Waals surface area (Å²) in [6, 6.07) is 10.9. The van der Waals surface area contributed by atoms with Crippen LogP contribution in [0.5, 0.6) is 0 Å². The van der Waals surface area contributed by atoms with Crippen LogP contribution in [0.1, 0.15) is 17.7 Å². The number of rotatable bonds is 4. The maximum atomic E-state index is 10.7. The van der Waals surface area contributed by atoms with Crippen molar-refractivity contribution in [2.45, 2.75) is 25.5 Å². The summed E-state index contributed by atoms with van der Waals surface area (Å²) in [5, 5.41) is 20.2. The van der Waals surface area contributed by atoms with Gasteiger partial charge >= 0.3 is 0 Å². The number of nitro groups is 1. The Balaban J connectivity index is 1.66. The van der Waals surface area contributed by atoms with Gasteiger partial charge in [0.15, 0.2) is 0 Å². The van der Waals surface area contributed by atoms with E-state index in [1.807, 2.05) is 0 Å². The zero-order valence-electron chi connectivity index (χ0n) is 12.1. The molecule has 1 aliphatic heterocycles.